The number of primary amides is 1. The number of rotatable bonds is 6. The minimum atomic E-state index is -1.16. The Labute approximate surface area is 228 Å². The molecule has 0 spiro atoms. The molecule has 3 aromatic rings. The number of nitrogens with one attached hydrogen (secondary N) is 2. The summed E-state index contributed by atoms with van der Waals surface area (Å²) in [6.45, 7) is 1.06. The van der Waals surface area contributed by atoms with Gasteiger partial charge in [0.05, 0.1) is 24.0 Å². The summed E-state index contributed by atoms with van der Waals surface area (Å²) in [5.74, 6) is -2.23. The number of benzene rings is 1. The summed E-state index contributed by atoms with van der Waals surface area (Å²) in [6, 6.07) is 2.39. The quantitative estimate of drug-likeness (QED) is 0.376. The zero-order valence-corrected chi connectivity index (χ0v) is 22.0. The highest BCUT2D eigenvalue weighted by Gasteiger charge is 2.30. The van der Waals surface area contributed by atoms with Crippen LogP contribution in [-0.4, -0.2) is 62.7 Å². The molecule has 11 nitrogen and oxygen atoms in total. The van der Waals surface area contributed by atoms with Crippen LogP contribution in [0.25, 0.3) is 11.2 Å². The van der Waals surface area contributed by atoms with Gasteiger partial charge in [0, 0.05) is 31.1 Å². The van der Waals surface area contributed by atoms with Crippen molar-refractivity contribution in [3.8, 4) is 0 Å². The molecule has 1 aliphatic heterocycles. The molecule has 208 valence electrons. The predicted molar refractivity (Wildman–Crippen MR) is 141 cm³/mol. The van der Waals surface area contributed by atoms with Gasteiger partial charge in [-0.05, 0) is 50.7 Å². The van der Waals surface area contributed by atoms with Gasteiger partial charge < -0.3 is 26.0 Å². The third-order valence-electron chi connectivity index (χ3n) is 7.37. The van der Waals surface area contributed by atoms with Crippen LogP contribution in [0.4, 0.5) is 31.2 Å². The maximum absolute atomic E-state index is 14.7. The van der Waals surface area contributed by atoms with Crippen molar-refractivity contribution in [1.82, 2.24) is 24.4 Å². The lowest BCUT2D eigenvalue weighted by molar-refractivity contribution is -0.122. The van der Waals surface area contributed by atoms with Crippen LogP contribution in [0, 0.1) is 17.6 Å². The van der Waals surface area contributed by atoms with Gasteiger partial charge in [-0.25, -0.2) is 23.5 Å². The van der Waals surface area contributed by atoms with Gasteiger partial charge in [0.1, 0.15) is 5.52 Å². The molecule has 2 amide bonds. The molecular weight excluding hydrogens is 534 g/mol. The summed E-state index contributed by atoms with van der Waals surface area (Å²) in [4.78, 5) is 39.0. The first-order chi connectivity index (χ1) is 18.7. The fraction of sp³-hybridized carbons (Fsp3) is 0.480. The molecule has 0 unspecified atom stereocenters. The Bertz CT molecular complexity index is 1400. The van der Waals surface area contributed by atoms with Gasteiger partial charge >= 0.3 is 6.09 Å². The van der Waals surface area contributed by atoms with Crippen molar-refractivity contribution in [2.45, 2.75) is 50.6 Å². The molecule has 1 saturated heterocycles. The minimum absolute atomic E-state index is 0.0820. The Morgan fingerprint density at radius 1 is 1.13 bits per heavy atom. The van der Waals surface area contributed by atoms with Crippen molar-refractivity contribution in [2.24, 2.45) is 11.7 Å². The summed E-state index contributed by atoms with van der Waals surface area (Å²) in [6.07, 6.45) is 5.20. The van der Waals surface area contributed by atoms with E-state index in [1.807, 2.05) is 4.57 Å². The number of methoxy groups -OCH3 is 1. The van der Waals surface area contributed by atoms with Crippen LogP contribution in [0.2, 0.25) is 5.02 Å². The van der Waals surface area contributed by atoms with Crippen molar-refractivity contribution in [3.05, 3.63) is 35.0 Å². The standard InChI is InChI=1S/C25H29ClF2N8O3/c1-39-25(38)35-10-2-3-14(12-35)31-23-30-11-18-22(34-23)36(15-6-4-13(5-7-15)21(29)37)24(33-18)32-17-9-8-16(26)19(27)20(17)28/h8-9,11,13-15H,2-7,10,12H2,1H3,(H2,29,37)(H,32,33)(H,30,31,34)/t13-,14-,15+/m1/s1. The number of nitrogens with zero attached hydrogens (tertiary/aromatic N) is 5. The molecule has 2 fully saturated rings. The molecule has 3 heterocycles. The van der Waals surface area contributed by atoms with E-state index in [2.05, 4.69) is 20.6 Å². The largest absolute Gasteiger partial charge is 0.453 e. The fourth-order valence-corrected chi connectivity index (χ4v) is 5.47. The van der Waals surface area contributed by atoms with Gasteiger partial charge in [0.15, 0.2) is 17.3 Å². The first kappa shape index (κ1) is 26.9. The van der Waals surface area contributed by atoms with Gasteiger partial charge in [0.2, 0.25) is 17.8 Å². The number of halogens is 3. The summed E-state index contributed by atoms with van der Waals surface area (Å²) in [5, 5.41) is 5.87. The SMILES string of the molecule is COC(=O)N1CCC[C@@H](Nc2ncc3nc(Nc4ccc(Cl)c(F)c4F)n([C@H]4CC[C@@H](C(N)=O)CC4)c3n2)C1. The lowest BCUT2D eigenvalue weighted by atomic mass is 9.85. The van der Waals surface area contributed by atoms with Crippen molar-refractivity contribution >= 4 is 52.3 Å². The highest BCUT2D eigenvalue weighted by molar-refractivity contribution is 6.30. The number of carbonyl (C=O) groups excluding carboxylic acids is 2. The van der Waals surface area contributed by atoms with Crippen LogP contribution in [0.15, 0.2) is 18.3 Å². The lowest BCUT2D eigenvalue weighted by Gasteiger charge is -2.32. The molecule has 1 saturated carbocycles. The molecule has 4 N–H and O–H groups in total. The molecule has 5 rings (SSSR count). The van der Waals surface area contributed by atoms with Gasteiger partial charge in [-0.15, -0.1) is 0 Å². The monoisotopic (exact) mass is 562 g/mol. The average molecular weight is 563 g/mol. The molecule has 1 aliphatic carbocycles. The second-order valence-corrected chi connectivity index (χ2v) is 10.3. The fourth-order valence-electron chi connectivity index (χ4n) is 5.33. The van der Waals surface area contributed by atoms with Crippen molar-refractivity contribution in [1.29, 1.82) is 0 Å². The van der Waals surface area contributed by atoms with E-state index >= 15 is 0 Å². The second-order valence-electron chi connectivity index (χ2n) is 9.86. The number of likely N-dealkylation sites (tertiary alicyclic amines) is 1. The molecular formula is C25H29ClF2N8O3. The summed E-state index contributed by atoms with van der Waals surface area (Å²) >= 11 is 5.72. The molecule has 1 atom stereocenters. The summed E-state index contributed by atoms with van der Waals surface area (Å²) in [7, 11) is 1.35. The highest BCUT2D eigenvalue weighted by atomic mass is 35.5. The number of amides is 2. The molecule has 2 aliphatic rings. The number of carbonyl (C=O) groups is 2. The first-order valence-electron chi connectivity index (χ1n) is 12.8. The topological polar surface area (TPSA) is 140 Å². The first-order valence-corrected chi connectivity index (χ1v) is 13.2. The number of ether oxygens (including phenoxy) is 1. The Hall–Kier alpha value is -3.74. The third kappa shape index (κ3) is 5.54. The minimum Gasteiger partial charge on any atom is -0.453 e. The maximum Gasteiger partial charge on any atom is 0.409 e. The number of hydrogen-bond donors (Lipinski definition) is 3. The molecule has 1 aromatic carbocycles. The smallest absolute Gasteiger partial charge is 0.409 e. The van der Waals surface area contributed by atoms with Crippen molar-refractivity contribution in [2.75, 3.05) is 30.8 Å². The van der Waals surface area contributed by atoms with Crippen LogP contribution in [-0.2, 0) is 9.53 Å². The molecule has 0 bridgehead atoms. The Morgan fingerprint density at radius 3 is 2.62 bits per heavy atom. The maximum atomic E-state index is 14.7. The number of imidazole rings is 1. The Kier molecular flexibility index (Phi) is 7.69. The lowest BCUT2D eigenvalue weighted by Crippen LogP contribution is -2.45. The van der Waals surface area contributed by atoms with Crippen LogP contribution in [0.5, 0.6) is 0 Å². The van der Waals surface area contributed by atoms with E-state index in [-0.39, 0.29) is 46.7 Å². The number of anilines is 3. The zero-order chi connectivity index (χ0) is 27.7. The van der Waals surface area contributed by atoms with E-state index in [0.717, 1.165) is 12.8 Å². The summed E-state index contributed by atoms with van der Waals surface area (Å²) in [5.41, 5.74) is 6.34. The number of nitrogens with two attached hydrogens (primary N) is 1. The molecule has 39 heavy (non-hydrogen) atoms. The number of piperidine rings is 1. The van der Waals surface area contributed by atoms with E-state index in [4.69, 9.17) is 27.1 Å². The Balaban J connectivity index is 1.48. The van der Waals surface area contributed by atoms with Crippen LogP contribution in [0.3, 0.4) is 0 Å². The number of fused-ring (bicyclic) bond motifs is 1. The normalized spacial score (nSPS) is 21.5. The van der Waals surface area contributed by atoms with E-state index in [0.29, 0.717) is 55.9 Å². The van der Waals surface area contributed by atoms with E-state index in [9.17, 15) is 18.4 Å². The molecule has 0 radical (unpaired) electrons. The predicted octanol–water partition coefficient (Wildman–Crippen LogP) is 4.36. The van der Waals surface area contributed by atoms with Crippen molar-refractivity contribution in [3.63, 3.8) is 0 Å². The van der Waals surface area contributed by atoms with Crippen LogP contribution < -0.4 is 16.4 Å². The van der Waals surface area contributed by atoms with E-state index in [1.165, 1.54) is 19.2 Å². The van der Waals surface area contributed by atoms with Gasteiger partial charge in [-0.3, -0.25) is 9.36 Å². The van der Waals surface area contributed by atoms with Gasteiger partial charge in [0.25, 0.3) is 0 Å². The van der Waals surface area contributed by atoms with E-state index < -0.39 is 11.6 Å². The number of hydrogen-bond acceptors (Lipinski definition) is 8. The number of aromatic nitrogens is 4. The van der Waals surface area contributed by atoms with Crippen LogP contribution >= 0.6 is 11.6 Å². The zero-order valence-electron chi connectivity index (χ0n) is 21.3. The average Bonchev–Trinajstić information content (AvgIpc) is 3.30. The molecule has 14 heteroatoms. The van der Waals surface area contributed by atoms with E-state index in [1.54, 1.807) is 11.1 Å². The van der Waals surface area contributed by atoms with Gasteiger partial charge in [-0.1, -0.05) is 11.6 Å². The third-order valence-corrected chi connectivity index (χ3v) is 7.66. The Morgan fingerprint density at radius 2 is 1.90 bits per heavy atom. The summed E-state index contributed by atoms with van der Waals surface area (Å²) < 4.78 is 35.5. The van der Waals surface area contributed by atoms with Crippen LogP contribution in [0.1, 0.15) is 44.6 Å². The highest BCUT2D eigenvalue weighted by Crippen LogP contribution is 2.37. The second kappa shape index (κ2) is 11.2. The van der Waals surface area contributed by atoms with Crippen molar-refractivity contribution < 1.29 is 23.1 Å². The van der Waals surface area contributed by atoms with Gasteiger partial charge in [-0.2, -0.15) is 4.98 Å². The molecule has 2 aromatic heterocycles.